The number of ether oxygens (including phenoxy) is 2. The lowest BCUT2D eigenvalue weighted by atomic mass is 10.0. The van der Waals surface area contributed by atoms with Crippen LogP contribution in [0.2, 0.25) is 0 Å². The SMILES string of the molecule is CC(C)c1ccc(-c2nc(CSc3nnc(N4CCOCC4)n3CC3CCCO3)cs2)cc1. The minimum atomic E-state index is 0.236. The summed E-state index contributed by atoms with van der Waals surface area (Å²) >= 11 is 3.40. The van der Waals surface area contributed by atoms with Crippen molar-refractivity contribution in [3.8, 4) is 10.6 Å². The van der Waals surface area contributed by atoms with Crippen LogP contribution in [0.1, 0.15) is 43.9 Å². The molecule has 176 valence electrons. The number of anilines is 1. The molecule has 0 saturated carbocycles. The molecule has 4 heterocycles. The molecule has 2 aliphatic rings. The number of hydrogen-bond donors (Lipinski definition) is 0. The first kappa shape index (κ1) is 22.8. The summed E-state index contributed by atoms with van der Waals surface area (Å²) < 4.78 is 13.7. The van der Waals surface area contributed by atoms with Crippen molar-refractivity contribution in [2.45, 2.75) is 56.2 Å². The van der Waals surface area contributed by atoms with E-state index in [-0.39, 0.29) is 6.10 Å². The number of hydrogen-bond acceptors (Lipinski definition) is 8. The van der Waals surface area contributed by atoms with Crippen molar-refractivity contribution >= 4 is 29.0 Å². The Morgan fingerprint density at radius 1 is 1.12 bits per heavy atom. The molecule has 1 atom stereocenters. The van der Waals surface area contributed by atoms with Crippen molar-refractivity contribution < 1.29 is 9.47 Å². The van der Waals surface area contributed by atoms with E-state index in [1.165, 1.54) is 11.1 Å². The Hall–Kier alpha value is -1.94. The summed E-state index contributed by atoms with van der Waals surface area (Å²) in [6, 6.07) is 8.77. The highest BCUT2D eigenvalue weighted by atomic mass is 32.2. The van der Waals surface area contributed by atoms with E-state index in [2.05, 4.69) is 63.2 Å². The maximum atomic E-state index is 5.92. The van der Waals surface area contributed by atoms with Crippen molar-refractivity contribution in [1.29, 1.82) is 0 Å². The molecule has 7 nitrogen and oxygen atoms in total. The Labute approximate surface area is 203 Å². The molecule has 1 aromatic carbocycles. The average molecular weight is 486 g/mol. The minimum Gasteiger partial charge on any atom is -0.378 e. The minimum absolute atomic E-state index is 0.236. The predicted octanol–water partition coefficient (Wildman–Crippen LogP) is 4.83. The lowest BCUT2D eigenvalue weighted by Gasteiger charge is -2.28. The smallest absolute Gasteiger partial charge is 0.228 e. The standard InChI is InChI=1S/C24H31N5O2S2/c1-17(2)18-5-7-19(8-6-18)22-25-20(15-32-22)16-33-24-27-26-23(28-9-12-30-13-10-28)29(24)14-21-4-3-11-31-21/h5-8,15,17,21H,3-4,9-14,16H2,1-2H3. The van der Waals surface area contributed by atoms with E-state index in [0.717, 1.165) is 79.9 Å². The van der Waals surface area contributed by atoms with Crippen LogP contribution in [0.5, 0.6) is 0 Å². The van der Waals surface area contributed by atoms with Crippen LogP contribution < -0.4 is 4.90 Å². The topological polar surface area (TPSA) is 65.3 Å². The first-order chi connectivity index (χ1) is 16.2. The van der Waals surface area contributed by atoms with Crippen LogP contribution in [-0.2, 0) is 21.8 Å². The molecule has 2 fully saturated rings. The fourth-order valence-electron chi connectivity index (χ4n) is 4.19. The third kappa shape index (κ3) is 5.42. The van der Waals surface area contributed by atoms with E-state index in [1.807, 2.05) is 0 Å². The zero-order chi connectivity index (χ0) is 22.6. The Balaban J connectivity index is 1.29. The largest absolute Gasteiger partial charge is 0.378 e. The number of aromatic nitrogens is 4. The fraction of sp³-hybridized carbons (Fsp3) is 0.542. The van der Waals surface area contributed by atoms with E-state index in [4.69, 9.17) is 14.5 Å². The molecule has 0 radical (unpaired) electrons. The van der Waals surface area contributed by atoms with Gasteiger partial charge < -0.3 is 14.4 Å². The zero-order valence-corrected chi connectivity index (χ0v) is 20.9. The van der Waals surface area contributed by atoms with Crippen molar-refractivity contribution in [1.82, 2.24) is 19.7 Å². The van der Waals surface area contributed by atoms with Gasteiger partial charge in [0.25, 0.3) is 0 Å². The van der Waals surface area contributed by atoms with Gasteiger partial charge in [-0.3, -0.25) is 4.57 Å². The molecule has 3 aromatic rings. The molecule has 5 rings (SSSR count). The van der Waals surface area contributed by atoms with Gasteiger partial charge in [0.15, 0.2) is 5.16 Å². The van der Waals surface area contributed by atoms with Crippen molar-refractivity contribution in [2.75, 3.05) is 37.8 Å². The van der Waals surface area contributed by atoms with Gasteiger partial charge in [-0.25, -0.2) is 4.98 Å². The molecule has 0 spiro atoms. The van der Waals surface area contributed by atoms with Gasteiger partial charge >= 0.3 is 0 Å². The highest BCUT2D eigenvalue weighted by molar-refractivity contribution is 7.98. The van der Waals surface area contributed by atoms with Crippen LogP contribution in [0, 0.1) is 0 Å². The summed E-state index contributed by atoms with van der Waals surface area (Å²) in [7, 11) is 0. The molecule has 2 aromatic heterocycles. The van der Waals surface area contributed by atoms with Crippen LogP contribution in [0.15, 0.2) is 34.8 Å². The summed E-state index contributed by atoms with van der Waals surface area (Å²) in [5.74, 6) is 2.24. The van der Waals surface area contributed by atoms with Gasteiger partial charge in [0, 0.05) is 36.4 Å². The monoisotopic (exact) mass is 485 g/mol. The Bertz CT molecular complexity index is 1040. The van der Waals surface area contributed by atoms with E-state index < -0.39 is 0 Å². The number of thioether (sulfide) groups is 1. The second-order valence-electron chi connectivity index (χ2n) is 8.84. The molecule has 33 heavy (non-hydrogen) atoms. The normalized spacial score (nSPS) is 19.0. The molecule has 0 bridgehead atoms. The lowest BCUT2D eigenvalue weighted by Crippen LogP contribution is -2.38. The summed E-state index contributed by atoms with van der Waals surface area (Å²) in [6.07, 6.45) is 2.46. The fourth-order valence-corrected chi connectivity index (χ4v) is 5.96. The number of benzene rings is 1. The van der Waals surface area contributed by atoms with E-state index in [0.29, 0.717) is 5.92 Å². The van der Waals surface area contributed by atoms with Crippen LogP contribution in [0.4, 0.5) is 5.95 Å². The van der Waals surface area contributed by atoms with Gasteiger partial charge in [0.05, 0.1) is 31.6 Å². The number of morpholine rings is 1. The third-order valence-corrected chi connectivity index (χ3v) is 8.07. The molecule has 9 heteroatoms. The van der Waals surface area contributed by atoms with Gasteiger partial charge in [-0.1, -0.05) is 49.9 Å². The summed E-state index contributed by atoms with van der Waals surface area (Å²) in [5, 5.41) is 13.3. The van der Waals surface area contributed by atoms with Crippen molar-refractivity contribution in [2.24, 2.45) is 0 Å². The van der Waals surface area contributed by atoms with Gasteiger partial charge in [-0.05, 0) is 24.3 Å². The summed E-state index contributed by atoms with van der Waals surface area (Å²) in [6.45, 7) is 9.24. The second-order valence-corrected chi connectivity index (χ2v) is 10.6. The third-order valence-electron chi connectivity index (χ3n) is 6.13. The average Bonchev–Trinajstić information content (AvgIpc) is 3.60. The maximum Gasteiger partial charge on any atom is 0.228 e. The van der Waals surface area contributed by atoms with Gasteiger partial charge in [-0.15, -0.1) is 21.5 Å². The van der Waals surface area contributed by atoms with Crippen molar-refractivity contribution in [3.05, 3.63) is 40.9 Å². The molecule has 1 unspecified atom stereocenters. The molecular formula is C24H31N5O2S2. The number of thiazole rings is 1. The van der Waals surface area contributed by atoms with Crippen LogP contribution in [-0.4, -0.2) is 58.8 Å². The highest BCUT2D eigenvalue weighted by Crippen LogP contribution is 2.31. The lowest BCUT2D eigenvalue weighted by molar-refractivity contribution is 0.0942. The Kier molecular flexibility index (Phi) is 7.30. The van der Waals surface area contributed by atoms with Crippen LogP contribution in [0.3, 0.4) is 0 Å². The Morgan fingerprint density at radius 2 is 1.94 bits per heavy atom. The van der Waals surface area contributed by atoms with E-state index in [1.54, 1.807) is 23.1 Å². The first-order valence-corrected chi connectivity index (χ1v) is 13.6. The molecule has 0 N–H and O–H groups in total. The van der Waals surface area contributed by atoms with Crippen LogP contribution >= 0.6 is 23.1 Å². The molecule has 0 amide bonds. The van der Waals surface area contributed by atoms with Crippen molar-refractivity contribution in [3.63, 3.8) is 0 Å². The predicted molar refractivity (Wildman–Crippen MR) is 133 cm³/mol. The summed E-state index contributed by atoms with van der Waals surface area (Å²) in [4.78, 5) is 7.16. The molecule has 2 saturated heterocycles. The van der Waals surface area contributed by atoms with Gasteiger partial charge in [0.2, 0.25) is 5.95 Å². The second kappa shape index (κ2) is 10.5. The number of rotatable bonds is 8. The van der Waals surface area contributed by atoms with Gasteiger partial charge in [-0.2, -0.15) is 0 Å². The van der Waals surface area contributed by atoms with E-state index in [9.17, 15) is 0 Å². The van der Waals surface area contributed by atoms with Crippen LogP contribution in [0.25, 0.3) is 10.6 Å². The molecule has 0 aliphatic carbocycles. The summed E-state index contributed by atoms with van der Waals surface area (Å²) in [5.41, 5.74) is 3.61. The number of nitrogens with zero attached hydrogens (tertiary/aromatic N) is 5. The Morgan fingerprint density at radius 3 is 2.67 bits per heavy atom. The molecule has 2 aliphatic heterocycles. The highest BCUT2D eigenvalue weighted by Gasteiger charge is 2.25. The first-order valence-electron chi connectivity index (χ1n) is 11.7. The van der Waals surface area contributed by atoms with Gasteiger partial charge in [0.1, 0.15) is 5.01 Å². The quantitative estimate of drug-likeness (QED) is 0.423. The maximum absolute atomic E-state index is 5.92. The molecular weight excluding hydrogens is 454 g/mol. The zero-order valence-electron chi connectivity index (χ0n) is 19.3. The van der Waals surface area contributed by atoms with E-state index >= 15 is 0 Å².